The van der Waals surface area contributed by atoms with Gasteiger partial charge in [0.15, 0.2) is 10.8 Å². The number of para-hydroxylation sites is 1. The van der Waals surface area contributed by atoms with E-state index in [2.05, 4.69) is 26.8 Å². The molecule has 0 unspecified atom stereocenters. The Labute approximate surface area is 280 Å². The molecule has 9 nitrogen and oxygen atoms in total. The number of fused-ring (bicyclic) bond motifs is 2. The molecule has 1 amide bonds. The van der Waals surface area contributed by atoms with Gasteiger partial charge in [0.1, 0.15) is 5.82 Å². The van der Waals surface area contributed by atoms with E-state index in [-0.39, 0.29) is 11.6 Å². The fraction of sp³-hybridized carbons (Fsp3) is 0.417. The van der Waals surface area contributed by atoms with E-state index in [9.17, 15) is 14.7 Å². The second kappa shape index (κ2) is 11.0. The highest BCUT2D eigenvalue weighted by molar-refractivity contribution is 7.22. The standard InChI is InChI=1S/C36H36N6O3S2/c1-20-25(16-37-42(20)19-36-13-21-10-22(14-36)12-23(11-21)15-36)24-6-7-31(39-32(24)34(44)45)41-9-8-29-26(17-41)27(18-46-29)33(43)40-35-38-28-4-2-3-5-30(28)47-35/h2-7,16,18,21-23H,8-15,17,19H2,1H3,(H,44,45)(H,38,40,43). The van der Waals surface area contributed by atoms with E-state index >= 15 is 0 Å². The topological polar surface area (TPSA) is 113 Å². The minimum atomic E-state index is -1.06. The molecule has 0 saturated heterocycles. The number of thiophene rings is 1. The molecule has 0 radical (unpaired) electrons. The van der Waals surface area contributed by atoms with Crippen molar-refractivity contribution >= 4 is 55.7 Å². The summed E-state index contributed by atoms with van der Waals surface area (Å²) in [4.78, 5) is 38.5. The zero-order valence-corrected chi connectivity index (χ0v) is 27.9. The third-order valence-corrected chi connectivity index (χ3v) is 13.2. The number of hydrogen-bond acceptors (Lipinski definition) is 8. The smallest absolute Gasteiger partial charge is 0.355 e. The van der Waals surface area contributed by atoms with E-state index in [0.717, 1.165) is 57.8 Å². The molecule has 4 fully saturated rings. The van der Waals surface area contributed by atoms with Gasteiger partial charge in [0, 0.05) is 46.7 Å². The first-order valence-corrected chi connectivity index (χ1v) is 18.3. The summed E-state index contributed by atoms with van der Waals surface area (Å²) in [6.45, 7) is 4.16. The normalized spacial score (nSPS) is 24.5. The predicted molar refractivity (Wildman–Crippen MR) is 184 cm³/mol. The molecule has 5 aliphatic rings. The van der Waals surface area contributed by atoms with Gasteiger partial charge in [-0.05, 0) is 105 Å². The number of rotatable bonds is 7. The zero-order valence-electron chi connectivity index (χ0n) is 26.2. The van der Waals surface area contributed by atoms with Crippen molar-refractivity contribution in [3.63, 3.8) is 0 Å². The number of carbonyl (C=O) groups excluding carboxylic acids is 1. The lowest BCUT2D eigenvalue weighted by atomic mass is 9.49. The van der Waals surface area contributed by atoms with Crippen LogP contribution >= 0.6 is 22.7 Å². The molecule has 5 aromatic rings. The highest BCUT2D eigenvalue weighted by Crippen LogP contribution is 2.60. The van der Waals surface area contributed by atoms with E-state index in [1.54, 1.807) is 11.3 Å². The molecule has 4 bridgehead atoms. The van der Waals surface area contributed by atoms with E-state index in [4.69, 9.17) is 10.1 Å². The first-order chi connectivity index (χ1) is 22.8. The number of hydrogen-bond donors (Lipinski definition) is 2. The molecule has 5 heterocycles. The molecule has 11 heteroatoms. The highest BCUT2D eigenvalue weighted by atomic mass is 32.1. The summed E-state index contributed by atoms with van der Waals surface area (Å²) in [5.74, 6) is 1.97. The van der Waals surface area contributed by atoms with Gasteiger partial charge in [-0.25, -0.2) is 14.8 Å². The maximum Gasteiger partial charge on any atom is 0.355 e. The molecule has 1 aliphatic heterocycles. The average Bonchev–Trinajstić information content (AvgIpc) is 3.76. The SMILES string of the molecule is Cc1c(-c2ccc(N3CCc4scc(C(=O)Nc5nc6ccccc6s5)c4C3)nc2C(=O)O)cnn1CC12CC3CC(CC(C3)C1)C2. The average molecular weight is 665 g/mol. The number of carboxylic acid groups (broad SMARTS) is 1. The summed E-state index contributed by atoms with van der Waals surface area (Å²) >= 11 is 3.05. The number of thiazole rings is 1. The Kier molecular flexibility index (Phi) is 6.80. The minimum Gasteiger partial charge on any atom is -0.476 e. The van der Waals surface area contributed by atoms with Crippen molar-refractivity contribution in [1.29, 1.82) is 0 Å². The number of pyridine rings is 1. The number of aromatic carboxylic acids is 1. The molecule has 10 rings (SSSR count). The molecule has 240 valence electrons. The van der Waals surface area contributed by atoms with Crippen LogP contribution in [0.4, 0.5) is 10.9 Å². The minimum absolute atomic E-state index is 0.0323. The molecule has 0 spiro atoms. The van der Waals surface area contributed by atoms with Crippen molar-refractivity contribution in [3.8, 4) is 11.1 Å². The number of anilines is 2. The summed E-state index contributed by atoms with van der Waals surface area (Å²) in [6, 6.07) is 11.6. The summed E-state index contributed by atoms with van der Waals surface area (Å²) < 4.78 is 3.15. The van der Waals surface area contributed by atoms with Crippen LogP contribution < -0.4 is 10.2 Å². The number of aromatic nitrogens is 4. The number of nitrogens with zero attached hydrogens (tertiary/aromatic N) is 5. The van der Waals surface area contributed by atoms with Gasteiger partial charge in [-0.2, -0.15) is 5.10 Å². The van der Waals surface area contributed by atoms with Gasteiger partial charge in [0.25, 0.3) is 5.91 Å². The fourth-order valence-corrected chi connectivity index (χ4v) is 11.4. The quantitative estimate of drug-likeness (QED) is 0.184. The van der Waals surface area contributed by atoms with Crippen LogP contribution in [-0.4, -0.2) is 43.3 Å². The number of carbonyl (C=O) groups is 2. The summed E-state index contributed by atoms with van der Waals surface area (Å²) in [7, 11) is 0. The van der Waals surface area contributed by atoms with Crippen LogP contribution in [0.1, 0.15) is 75.5 Å². The first-order valence-electron chi connectivity index (χ1n) is 16.6. The Morgan fingerprint density at radius 3 is 2.53 bits per heavy atom. The molecule has 4 aromatic heterocycles. The van der Waals surface area contributed by atoms with Crippen LogP contribution in [0.5, 0.6) is 0 Å². The third-order valence-electron chi connectivity index (χ3n) is 11.1. The van der Waals surface area contributed by atoms with Crippen molar-refractivity contribution in [2.75, 3.05) is 16.8 Å². The van der Waals surface area contributed by atoms with Crippen LogP contribution in [-0.2, 0) is 19.5 Å². The van der Waals surface area contributed by atoms with Crippen LogP contribution in [0, 0.1) is 30.1 Å². The van der Waals surface area contributed by atoms with Gasteiger partial charge in [0.05, 0.1) is 22.0 Å². The molecule has 4 aliphatic carbocycles. The molecule has 4 saturated carbocycles. The lowest BCUT2D eigenvalue weighted by Crippen LogP contribution is -2.48. The maximum absolute atomic E-state index is 13.4. The van der Waals surface area contributed by atoms with E-state index in [0.29, 0.717) is 40.6 Å². The Morgan fingerprint density at radius 1 is 1.02 bits per heavy atom. The van der Waals surface area contributed by atoms with Gasteiger partial charge in [0.2, 0.25) is 0 Å². The van der Waals surface area contributed by atoms with Crippen molar-refractivity contribution in [1.82, 2.24) is 19.7 Å². The molecular formula is C36H36N6O3S2. The first kappa shape index (κ1) is 29.1. The van der Waals surface area contributed by atoms with Gasteiger partial charge in [-0.15, -0.1) is 11.3 Å². The Morgan fingerprint density at radius 2 is 1.79 bits per heavy atom. The zero-order chi connectivity index (χ0) is 31.9. The lowest BCUT2D eigenvalue weighted by Gasteiger charge is -2.56. The van der Waals surface area contributed by atoms with Gasteiger partial charge in [-0.1, -0.05) is 23.5 Å². The Balaban J connectivity index is 0.957. The van der Waals surface area contributed by atoms with Crippen molar-refractivity contribution in [2.24, 2.45) is 23.2 Å². The van der Waals surface area contributed by atoms with Crippen molar-refractivity contribution in [2.45, 2.75) is 65.0 Å². The number of nitrogens with one attached hydrogen (secondary N) is 1. The van der Waals surface area contributed by atoms with Gasteiger partial charge in [-0.3, -0.25) is 14.8 Å². The Bertz CT molecular complexity index is 1990. The molecule has 47 heavy (non-hydrogen) atoms. The van der Waals surface area contributed by atoms with E-state index < -0.39 is 5.97 Å². The van der Waals surface area contributed by atoms with Crippen LogP contribution in [0.2, 0.25) is 0 Å². The van der Waals surface area contributed by atoms with Crippen LogP contribution in [0.15, 0.2) is 48.0 Å². The summed E-state index contributed by atoms with van der Waals surface area (Å²) in [5.41, 5.74) is 5.25. The second-order valence-electron chi connectivity index (χ2n) is 14.3. The molecular weight excluding hydrogens is 629 g/mol. The van der Waals surface area contributed by atoms with Crippen LogP contribution in [0.3, 0.4) is 0 Å². The van der Waals surface area contributed by atoms with Crippen molar-refractivity contribution < 1.29 is 14.7 Å². The fourth-order valence-electron chi connectivity index (χ4n) is 9.47. The van der Waals surface area contributed by atoms with Gasteiger partial charge < -0.3 is 10.0 Å². The molecule has 2 N–H and O–H groups in total. The maximum atomic E-state index is 13.4. The highest BCUT2D eigenvalue weighted by Gasteiger charge is 2.51. The monoisotopic (exact) mass is 664 g/mol. The van der Waals surface area contributed by atoms with Crippen LogP contribution in [0.25, 0.3) is 21.3 Å². The number of benzene rings is 1. The summed E-state index contributed by atoms with van der Waals surface area (Å²) in [5, 5.41) is 20.6. The van der Waals surface area contributed by atoms with Crippen molar-refractivity contribution in [3.05, 3.63) is 75.4 Å². The molecule has 0 atom stereocenters. The van der Waals surface area contributed by atoms with E-state index in [1.165, 1.54) is 54.7 Å². The lowest BCUT2D eigenvalue weighted by molar-refractivity contribution is -0.0638. The Hall–Kier alpha value is -4.09. The largest absolute Gasteiger partial charge is 0.476 e. The van der Waals surface area contributed by atoms with E-state index in [1.807, 2.05) is 48.0 Å². The second-order valence-corrected chi connectivity index (χ2v) is 16.2. The number of carboxylic acids is 1. The number of amides is 1. The van der Waals surface area contributed by atoms with Gasteiger partial charge >= 0.3 is 5.97 Å². The predicted octanol–water partition coefficient (Wildman–Crippen LogP) is 7.65. The summed E-state index contributed by atoms with van der Waals surface area (Å²) in [6.07, 6.45) is 10.7. The molecule has 1 aromatic carbocycles. The third kappa shape index (κ3) is 5.06.